The molecule has 4 heteroatoms. The summed E-state index contributed by atoms with van der Waals surface area (Å²) in [7, 11) is 0. The Hall–Kier alpha value is -1.29. The molecule has 0 bridgehead atoms. The van der Waals surface area contributed by atoms with Crippen molar-refractivity contribution in [3.05, 3.63) is 35.6 Å². The first-order chi connectivity index (χ1) is 7.62. The molecule has 0 saturated carbocycles. The number of Topliss-reactive ketones (excluding diaryl/α,β-unsaturated/α-hetero) is 1. The van der Waals surface area contributed by atoms with Crippen LogP contribution in [0.15, 0.2) is 24.3 Å². The number of nitrogens with one attached hydrogen (secondary N) is 1. The Kier molecular flexibility index (Phi) is 3.01. The average molecular weight is 225 g/mol. The first-order valence-electron chi connectivity index (χ1n) is 5.32. The van der Waals surface area contributed by atoms with Gasteiger partial charge < -0.3 is 5.32 Å². The van der Waals surface area contributed by atoms with Crippen LogP contribution in [0.2, 0.25) is 0 Å². The molecule has 1 heterocycles. The zero-order chi connectivity index (χ0) is 11.6. The molecule has 1 saturated heterocycles. The van der Waals surface area contributed by atoms with Gasteiger partial charge in [-0.2, -0.15) is 0 Å². The third-order valence-electron chi connectivity index (χ3n) is 2.91. The molecular weight excluding hydrogens is 212 g/mol. The van der Waals surface area contributed by atoms with Gasteiger partial charge in [0.25, 0.3) is 0 Å². The van der Waals surface area contributed by atoms with Gasteiger partial charge in [0, 0.05) is 18.4 Å². The van der Waals surface area contributed by atoms with Gasteiger partial charge in [-0.25, -0.2) is 8.78 Å². The van der Waals surface area contributed by atoms with Crippen molar-refractivity contribution in [3.63, 3.8) is 0 Å². The standard InChI is InChI=1S/C12H13F2NO/c13-10-3-1-9(2-4-10)11(16)12(14)5-7-15-8-6-12/h1-4,15H,5-8H2. The fourth-order valence-electron chi connectivity index (χ4n) is 1.91. The summed E-state index contributed by atoms with van der Waals surface area (Å²) in [6, 6.07) is 5.03. The molecule has 86 valence electrons. The van der Waals surface area contributed by atoms with Gasteiger partial charge in [0.1, 0.15) is 5.82 Å². The molecule has 1 aromatic carbocycles. The Balaban J connectivity index is 2.20. The van der Waals surface area contributed by atoms with E-state index in [1.165, 1.54) is 24.3 Å². The fourth-order valence-corrected chi connectivity index (χ4v) is 1.91. The molecule has 1 aliphatic heterocycles. The quantitative estimate of drug-likeness (QED) is 0.781. The predicted molar refractivity (Wildman–Crippen MR) is 56.7 cm³/mol. The van der Waals surface area contributed by atoms with E-state index in [1.54, 1.807) is 0 Å². The van der Waals surface area contributed by atoms with Gasteiger partial charge >= 0.3 is 0 Å². The van der Waals surface area contributed by atoms with Gasteiger partial charge in [-0.05, 0) is 37.4 Å². The van der Waals surface area contributed by atoms with Crippen LogP contribution in [0.4, 0.5) is 8.78 Å². The molecule has 0 amide bonds. The van der Waals surface area contributed by atoms with Crippen LogP contribution in [0.25, 0.3) is 0 Å². The second-order valence-electron chi connectivity index (χ2n) is 4.05. The Morgan fingerprint density at radius 2 is 1.75 bits per heavy atom. The number of halogens is 2. The molecule has 2 nitrogen and oxygen atoms in total. The highest BCUT2D eigenvalue weighted by molar-refractivity contribution is 6.02. The third-order valence-corrected chi connectivity index (χ3v) is 2.91. The normalized spacial score (nSPS) is 19.4. The zero-order valence-electron chi connectivity index (χ0n) is 8.80. The molecule has 0 aliphatic carbocycles. The molecule has 16 heavy (non-hydrogen) atoms. The molecule has 1 aromatic rings. The maximum Gasteiger partial charge on any atom is 0.200 e. The van der Waals surface area contributed by atoms with E-state index in [2.05, 4.69) is 5.32 Å². The SMILES string of the molecule is O=C(c1ccc(F)cc1)C1(F)CCNCC1. The maximum absolute atomic E-state index is 14.3. The van der Waals surface area contributed by atoms with Crippen LogP contribution < -0.4 is 5.32 Å². The number of carbonyl (C=O) groups excluding carboxylic acids is 1. The second kappa shape index (κ2) is 4.29. The van der Waals surface area contributed by atoms with E-state index < -0.39 is 17.3 Å². The summed E-state index contributed by atoms with van der Waals surface area (Å²) in [6.45, 7) is 1.01. The monoisotopic (exact) mass is 225 g/mol. The first kappa shape index (κ1) is 11.2. The van der Waals surface area contributed by atoms with E-state index in [-0.39, 0.29) is 18.4 Å². The van der Waals surface area contributed by atoms with E-state index in [9.17, 15) is 13.6 Å². The minimum Gasteiger partial charge on any atom is -0.316 e. The van der Waals surface area contributed by atoms with Crippen LogP contribution >= 0.6 is 0 Å². The largest absolute Gasteiger partial charge is 0.316 e. The third kappa shape index (κ3) is 2.11. The number of hydrogen-bond acceptors (Lipinski definition) is 2. The smallest absolute Gasteiger partial charge is 0.200 e. The number of ketones is 1. The summed E-state index contributed by atoms with van der Waals surface area (Å²) in [6.07, 6.45) is 0.367. The van der Waals surface area contributed by atoms with Gasteiger partial charge in [-0.1, -0.05) is 0 Å². The van der Waals surface area contributed by atoms with Crippen LogP contribution in [0.3, 0.4) is 0 Å². The van der Waals surface area contributed by atoms with Crippen LogP contribution in [0.5, 0.6) is 0 Å². The van der Waals surface area contributed by atoms with Crippen LogP contribution in [0.1, 0.15) is 23.2 Å². The lowest BCUT2D eigenvalue weighted by Gasteiger charge is -2.28. The Labute approximate surface area is 92.7 Å². The van der Waals surface area contributed by atoms with Crippen molar-refractivity contribution in [2.24, 2.45) is 0 Å². The number of alkyl halides is 1. The summed E-state index contributed by atoms with van der Waals surface area (Å²) < 4.78 is 26.9. The van der Waals surface area contributed by atoms with Crippen molar-refractivity contribution in [2.45, 2.75) is 18.5 Å². The molecule has 0 spiro atoms. The average Bonchev–Trinajstić information content (AvgIpc) is 2.30. The number of carbonyl (C=O) groups is 1. The Morgan fingerprint density at radius 1 is 1.19 bits per heavy atom. The molecule has 0 radical (unpaired) electrons. The van der Waals surface area contributed by atoms with Gasteiger partial charge in [0.15, 0.2) is 11.5 Å². The molecular formula is C12H13F2NO. The summed E-state index contributed by atoms with van der Waals surface area (Å²) in [4.78, 5) is 11.9. The molecule has 1 fully saturated rings. The van der Waals surface area contributed by atoms with E-state index in [4.69, 9.17) is 0 Å². The van der Waals surface area contributed by atoms with E-state index in [0.29, 0.717) is 13.1 Å². The molecule has 0 atom stereocenters. The fraction of sp³-hybridized carbons (Fsp3) is 0.417. The number of hydrogen-bond donors (Lipinski definition) is 1. The summed E-state index contributed by atoms with van der Waals surface area (Å²) in [5.74, 6) is -0.955. The highest BCUT2D eigenvalue weighted by Crippen LogP contribution is 2.27. The predicted octanol–water partition coefficient (Wildman–Crippen LogP) is 2.10. The second-order valence-corrected chi connectivity index (χ2v) is 4.05. The lowest BCUT2D eigenvalue weighted by Crippen LogP contribution is -2.44. The first-order valence-corrected chi connectivity index (χ1v) is 5.32. The van der Waals surface area contributed by atoms with Crippen LogP contribution in [-0.2, 0) is 0 Å². The van der Waals surface area contributed by atoms with Crippen molar-refractivity contribution in [1.29, 1.82) is 0 Å². The highest BCUT2D eigenvalue weighted by atomic mass is 19.1. The van der Waals surface area contributed by atoms with Crippen molar-refractivity contribution in [2.75, 3.05) is 13.1 Å². The minimum atomic E-state index is -1.79. The molecule has 1 aliphatic rings. The maximum atomic E-state index is 14.3. The van der Waals surface area contributed by atoms with Gasteiger partial charge in [0.2, 0.25) is 0 Å². The Bertz CT molecular complexity index is 383. The van der Waals surface area contributed by atoms with Gasteiger partial charge in [-0.15, -0.1) is 0 Å². The van der Waals surface area contributed by atoms with Crippen molar-refractivity contribution in [3.8, 4) is 0 Å². The van der Waals surface area contributed by atoms with E-state index in [0.717, 1.165) is 0 Å². The van der Waals surface area contributed by atoms with Crippen molar-refractivity contribution >= 4 is 5.78 Å². The summed E-state index contributed by atoms with van der Waals surface area (Å²) in [5.41, 5.74) is -1.55. The molecule has 0 aromatic heterocycles. The summed E-state index contributed by atoms with van der Waals surface area (Å²) in [5, 5.41) is 3.00. The molecule has 1 N–H and O–H groups in total. The number of piperidine rings is 1. The molecule has 2 rings (SSSR count). The van der Waals surface area contributed by atoms with E-state index in [1.807, 2.05) is 0 Å². The zero-order valence-corrected chi connectivity index (χ0v) is 8.80. The van der Waals surface area contributed by atoms with Crippen LogP contribution in [-0.4, -0.2) is 24.5 Å². The van der Waals surface area contributed by atoms with Crippen molar-refractivity contribution < 1.29 is 13.6 Å². The number of benzene rings is 1. The Morgan fingerprint density at radius 3 is 2.31 bits per heavy atom. The lowest BCUT2D eigenvalue weighted by atomic mass is 9.86. The topological polar surface area (TPSA) is 29.1 Å². The van der Waals surface area contributed by atoms with Gasteiger partial charge in [-0.3, -0.25) is 4.79 Å². The van der Waals surface area contributed by atoms with Crippen molar-refractivity contribution in [1.82, 2.24) is 5.32 Å². The minimum absolute atomic E-state index is 0.184. The van der Waals surface area contributed by atoms with E-state index >= 15 is 0 Å². The lowest BCUT2D eigenvalue weighted by molar-refractivity contribution is 0.0592. The molecule has 0 unspecified atom stereocenters. The highest BCUT2D eigenvalue weighted by Gasteiger charge is 2.39. The summed E-state index contributed by atoms with van der Waals surface area (Å²) >= 11 is 0. The van der Waals surface area contributed by atoms with Crippen LogP contribution in [0, 0.1) is 5.82 Å². The van der Waals surface area contributed by atoms with Gasteiger partial charge in [0.05, 0.1) is 0 Å². The number of rotatable bonds is 2.